The molecular formula is C19H20ClNO2. The molecule has 0 aliphatic carbocycles. The zero-order valence-electron chi connectivity index (χ0n) is 13.7. The maximum Gasteiger partial charge on any atom is 0.248 e. The van der Waals surface area contributed by atoms with Crippen molar-refractivity contribution in [2.24, 2.45) is 0 Å². The first-order valence-corrected chi connectivity index (χ1v) is 7.69. The van der Waals surface area contributed by atoms with Crippen molar-refractivity contribution in [1.29, 1.82) is 0 Å². The molecule has 0 saturated heterocycles. The minimum absolute atomic E-state index is 0.190. The molecule has 3 nitrogen and oxygen atoms in total. The van der Waals surface area contributed by atoms with Crippen LogP contribution in [0.4, 0.5) is 5.69 Å². The Labute approximate surface area is 141 Å². The highest BCUT2D eigenvalue weighted by Gasteiger charge is 2.05. The Morgan fingerprint density at radius 3 is 2.35 bits per heavy atom. The lowest BCUT2D eigenvalue weighted by Gasteiger charge is -2.09. The number of benzene rings is 2. The molecule has 23 heavy (non-hydrogen) atoms. The van der Waals surface area contributed by atoms with Crippen LogP contribution in [-0.2, 0) is 4.79 Å². The Morgan fingerprint density at radius 2 is 1.74 bits per heavy atom. The summed E-state index contributed by atoms with van der Waals surface area (Å²) in [5.41, 5.74) is 4.82. The lowest BCUT2D eigenvalue weighted by molar-refractivity contribution is -0.111. The minimum atomic E-state index is -0.190. The molecule has 2 rings (SSSR count). The van der Waals surface area contributed by atoms with Crippen LogP contribution in [0.15, 0.2) is 36.4 Å². The molecule has 0 aliphatic rings. The molecule has 0 spiro atoms. The van der Waals surface area contributed by atoms with E-state index in [1.54, 1.807) is 19.2 Å². The van der Waals surface area contributed by atoms with Crippen molar-refractivity contribution in [3.8, 4) is 5.75 Å². The average Bonchev–Trinajstić information content (AvgIpc) is 2.49. The summed E-state index contributed by atoms with van der Waals surface area (Å²) in [5.74, 6) is 0.626. The van der Waals surface area contributed by atoms with E-state index >= 15 is 0 Å². The average molecular weight is 330 g/mol. The van der Waals surface area contributed by atoms with Crippen LogP contribution in [0.5, 0.6) is 5.75 Å². The van der Waals surface area contributed by atoms with Crippen LogP contribution in [0, 0.1) is 20.8 Å². The first-order valence-electron chi connectivity index (χ1n) is 7.31. The summed E-state index contributed by atoms with van der Waals surface area (Å²) < 4.78 is 5.24. The second-order valence-electron chi connectivity index (χ2n) is 5.46. The third kappa shape index (κ3) is 4.36. The quantitative estimate of drug-likeness (QED) is 0.808. The number of hydrogen-bond acceptors (Lipinski definition) is 2. The number of anilines is 1. The molecular weight excluding hydrogens is 310 g/mol. The number of ether oxygens (including phenoxy) is 1. The predicted molar refractivity (Wildman–Crippen MR) is 96.3 cm³/mol. The number of nitrogens with one attached hydrogen (secondary N) is 1. The predicted octanol–water partition coefficient (Wildman–Crippen LogP) is 4.93. The van der Waals surface area contributed by atoms with Crippen molar-refractivity contribution in [1.82, 2.24) is 0 Å². The Balaban J connectivity index is 2.17. The maximum atomic E-state index is 12.1. The molecule has 0 unspecified atom stereocenters. The van der Waals surface area contributed by atoms with Crippen LogP contribution < -0.4 is 10.1 Å². The molecule has 0 fully saturated rings. The fraction of sp³-hybridized carbons (Fsp3) is 0.211. The van der Waals surface area contributed by atoms with Crippen molar-refractivity contribution >= 4 is 29.3 Å². The Bertz CT molecular complexity index is 743. The molecule has 0 aromatic heterocycles. The lowest BCUT2D eigenvalue weighted by atomic mass is 10.0. The van der Waals surface area contributed by atoms with E-state index in [1.165, 1.54) is 6.08 Å². The van der Waals surface area contributed by atoms with Crippen molar-refractivity contribution in [3.63, 3.8) is 0 Å². The minimum Gasteiger partial charge on any atom is -0.497 e. The number of rotatable bonds is 4. The van der Waals surface area contributed by atoms with Gasteiger partial charge in [-0.25, -0.2) is 0 Å². The molecule has 2 aromatic carbocycles. The van der Waals surface area contributed by atoms with E-state index in [0.29, 0.717) is 5.02 Å². The van der Waals surface area contributed by atoms with Gasteiger partial charge >= 0.3 is 0 Å². The summed E-state index contributed by atoms with van der Waals surface area (Å²) in [7, 11) is 1.64. The molecule has 1 amide bonds. The van der Waals surface area contributed by atoms with Crippen molar-refractivity contribution in [2.45, 2.75) is 20.8 Å². The van der Waals surface area contributed by atoms with Crippen LogP contribution in [0.1, 0.15) is 22.3 Å². The second kappa shape index (κ2) is 7.34. The zero-order valence-corrected chi connectivity index (χ0v) is 14.5. The van der Waals surface area contributed by atoms with E-state index in [-0.39, 0.29) is 5.91 Å². The molecule has 1 N–H and O–H groups in total. The Hall–Kier alpha value is -2.26. The second-order valence-corrected chi connectivity index (χ2v) is 5.89. The maximum absolute atomic E-state index is 12.1. The number of halogens is 1. The van der Waals surface area contributed by atoms with Gasteiger partial charge < -0.3 is 10.1 Å². The molecule has 0 atom stereocenters. The summed E-state index contributed by atoms with van der Waals surface area (Å²) in [6.45, 7) is 5.91. The van der Waals surface area contributed by atoms with E-state index in [0.717, 1.165) is 33.7 Å². The van der Waals surface area contributed by atoms with Gasteiger partial charge in [0.2, 0.25) is 5.91 Å². The van der Waals surface area contributed by atoms with Gasteiger partial charge in [-0.3, -0.25) is 4.79 Å². The monoisotopic (exact) mass is 329 g/mol. The van der Waals surface area contributed by atoms with E-state index in [1.807, 2.05) is 45.0 Å². The van der Waals surface area contributed by atoms with Gasteiger partial charge in [0.05, 0.1) is 7.11 Å². The first kappa shape index (κ1) is 17.1. The summed E-state index contributed by atoms with van der Waals surface area (Å²) in [6.07, 6.45) is 3.35. The van der Waals surface area contributed by atoms with E-state index in [9.17, 15) is 4.79 Å². The lowest BCUT2D eigenvalue weighted by Crippen LogP contribution is -2.09. The van der Waals surface area contributed by atoms with Gasteiger partial charge in [-0.15, -0.1) is 0 Å². The number of carbonyl (C=O) groups is 1. The number of amides is 1. The van der Waals surface area contributed by atoms with Crippen LogP contribution in [-0.4, -0.2) is 13.0 Å². The summed E-state index contributed by atoms with van der Waals surface area (Å²) in [5, 5.41) is 3.44. The van der Waals surface area contributed by atoms with Gasteiger partial charge in [-0.1, -0.05) is 17.7 Å². The molecule has 0 heterocycles. The fourth-order valence-corrected chi connectivity index (χ4v) is 2.55. The third-order valence-electron chi connectivity index (χ3n) is 3.66. The highest BCUT2D eigenvalue weighted by Crippen LogP contribution is 2.23. The van der Waals surface area contributed by atoms with E-state index in [2.05, 4.69) is 5.32 Å². The van der Waals surface area contributed by atoms with Gasteiger partial charge in [-0.05, 0) is 73.4 Å². The van der Waals surface area contributed by atoms with Gasteiger partial charge in [0.25, 0.3) is 0 Å². The Kier molecular flexibility index (Phi) is 5.45. The molecule has 2 aromatic rings. The van der Waals surface area contributed by atoms with Gasteiger partial charge in [0, 0.05) is 16.8 Å². The molecule has 0 aliphatic heterocycles. The van der Waals surface area contributed by atoms with Crippen LogP contribution >= 0.6 is 11.6 Å². The highest BCUT2D eigenvalue weighted by atomic mass is 35.5. The first-order chi connectivity index (χ1) is 10.9. The summed E-state index contributed by atoms with van der Waals surface area (Å²) >= 11 is 5.96. The topological polar surface area (TPSA) is 38.3 Å². The van der Waals surface area contributed by atoms with Gasteiger partial charge in [-0.2, -0.15) is 0 Å². The number of carbonyl (C=O) groups excluding carboxylic acids is 1. The number of hydrogen-bond donors (Lipinski definition) is 1. The van der Waals surface area contributed by atoms with Crippen LogP contribution in [0.25, 0.3) is 6.08 Å². The standard InChI is InChI=1S/C19H20ClNO2/c1-12-5-6-15(20)11-18(12)21-19(22)8-7-17-13(2)9-16(23-4)10-14(17)3/h5-11H,1-4H3,(H,21,22)/b8-7+. The fourth-order valence-electron chi connectivity index (χ4n) is 2.38. The number of aryl methyl sites for hydroxylation is 3. The third-order valence-corrected chi connectivity index (χ3v) is 3.90. The summed E-state index contributed by atoms with van der Waals surface area (Å²) in [6, 6.07) is 9.32. The molecule has 0 radical (unpaired) electrons. The van der Waals surface area contributed by atoms with E-state index < -0.39 is 0 Å². The molecule has 4 heteroatoms. The normalized spacial score (nSPS) is 10.8. The largest absolute Gasteiger partial charge is 0.497 e. The zero-order chi connectivity index (χ0) is 17.0. The van der Waals surface area contributed by atoms with Crippen LogP contribution in [0.2, 0.25) is 5.02 Å². The highest BCUT2D eigenvalue weighted by molar-refractivity contribution is 6.31. The molecule has 0 saturated carbocycles. The van der Waals surface area contributed by atoms with Crippen molar-refractivity contribution < 1.29 is 9.53 Å². The van der Waals surface area contributed by atoms with Crippen molar-refractivity contribution in [3.05, 3.63) is 63.7 Å². The Morgan fingerprint density at radius 1 is 1.09 bits per heavy atom. The number of methoxy groups -OCH3 is 1. The van der Waals surface area contributed by atoms with E-state index in [4.69, 9.17) is 16.3 Å². The van der Waals surface area contributed by atoms with Crippen LogP contribution in [0.3, 0.4) is 0 Å². The molecule has 120 valence electrons. The van der Waals surface area contributed by atoms with Gasteiger partial charge in [0.1, 0.15) is 5.75 Å². The van der Waals surface area contributed by atoms with Crippen molar-refractivity contribution in [2.75, 3.05) is 12.4 Å². The smallest absolute Gasteiger partial charge is 0.248 e. The van der Waals surface area contributed by atoms with Gasteiger partial charge in [0.15, 0.2) is 0 Å². The SMILES string of the molecule is COc1cc(C)c(/C=C/C(=O)Nc2cc(Cl)ccc2C)c(C)c1. The molecule has 0 bridgehead atoms. The summed E-state index contributed by atoms with van der Waals surface area (Å²) in [4.78, 5) is 12.1.